The highest BCUT2D eigenvalue weighted by Crippen LogP contribution is 2.29. The van der Waals surface area contributed by atoms with E-state index in [2.05, 4.69) is 10.1 Å². The second kappa shape index (κ2) is 8.06. The summed E-state index contributed by atoms with van der Waals surface area (Å²) < 4.78 is 29.0. The van der Waals surface area contributed by atoms with Crippen LogP contribution in [0, 0.1) is 0 Å². The average Bonchev–Trinajstić information content (AvgIpc) is 3.03. The van der Waals surface area contributed by atoms with Gasteiger partial charge < -0.3 is 15.2 Å². The number of halogens is 2. The van der Waals surface area contributed by atoms with Crippen LogP contribution in [0.3, 0.4) is 0 Å². The van der Waals surface area contributed by atoms with Gasteiger partial charge in [-0.25, -0.2) is 0 Å². The van der Waals surface area contributed by atoms with Crippen molar-refractivity contribution in [2.45, 2.75) is 25.4 Å². The summed E-state index contributed by atoms with van der Waals surface area (Å²) in [6.07, 6.45) is 0.247. The van der Waals surface area contributed by atoms with Crippen LogP contribution in [0.1, 0.15) is 28.6 Å². The number of carboxylic acid groups (broad SMARTS) is 1. The summed E-state index contributed by atoms with van der Waals surface area (Å²) in [5, 5.41) is 13.7. The smallest absolute Gasteiger partial charge is 0.387 e. The lowest BCUT2D eigenvalue weighted by Gasteiger charge is -2.29. The maximum Gasteiger partial charge on any atom is 0.387 e. The van der Waals surface area contributed by atoms with Crippen LogP contribution in [0.2, 0.25) is 0 Å². The van der Waals surface area contributed by atoms with Gasteiger partial charge in [-0.2, -0.15) is 8.78 Å². The molecule has 0 saturated heterocycles. The number of alkyl halides is 2. The number of hydrogen-bond acceptors (Lipinski definition) is 4. The van der Waals surface area contributed by atoms with E-state index >= 15 is 0 Å². The Morgan fingerprint density at radius 2 is 1.96 bits per heavy atom. The molecule has 0 saturated carbocycles. The van der Waals surface area contributed by atoms with Crippen LogP contribution >= 0.6 is 11.3 Å². The second-order valence-electron chi connectivity index (χ2n) is 5.28. The molecule has 0 aliphatic rings. The Morgan fingerprint density at radius 1 is 1.28 bits per heavy atom. The molecular weight excluding hydrogens is 352 g/mol. The van der Waals surface area contributed by atoms with Crippen molar-refractivity contribution < 1.29 is 28.2 Å². The van der Waals surface area contributed by atoms with Crippen LogP contribution in [-0.4, -0.2) is 30.1 Å². The fourth-order valence-electron chi connectivity index (χ4n) is 2.50. The van der Waals surface area contributed by atoms with Crippen molar-refractivity contribution >= 4 is 23.2 Å². The van der Waals surface area contributed by atoms with E-state index in [1.54, 1.807) is 37.3 Å². The molecule has 8 heteroatoms. The number of thiophene rings is 1. The van der Waals surface area contributed by atoms with Crippen molar-refractivity contribution in [1.29, 1.82) is 0 Å². The lowest BCUT2D eigenvalue weighted by Crippen LogP contribution is -2.46. The Morgan fingerprint density at radius 3 is 2.52 bits per heavy atom. The van der Waals surface area contributed by atoms with Crippen LogP contribution in [0.25, 0.3) is 0 Å². The van der Waals surface area contributed by atoms with Crippen molar-refractivity contribution in [2.75, 3.05) is 6.54 Å². The number of benzene rings is 1. The van der Waals surface area contributed by atoms with Gasteiger partial charge in [-0.15, -0.1) is 11.3 Å². The molecule has 2 rings (SSSR count). The Labute approximate surface area is 147 Å². The van der Waals surface area contributed by atoms with Crippen LogP contribution in [0.4, 0.5) is 8.78 Å². The van der Waals surface area contributed by atoms with Gasteiger partial charge in [0.15, 0.2) is 0 Å². The molecule has 1 aromatic heterocycles. The molecule has 0 aliphatic heterocycles. The largest absolute Gasteiger partial charge is 0.481 e. The number of nitrogens with one attached hydrogen (secondary N) is 1. The third-order valence-corrected chi connectivity index (χ3v) is 4.84. The first kappa shape index (κ1) is 18.9. The summed E-state index contributed by atoms with van der Waals surface area (Å²) in [6.45, 7) is -1.50. The molecule has 2 aromatic rings. The molecule has 0 fully saturated rings. The number of aliphatic carboxylic acids is 1. The molecule has 2 N–H and O–H groups in total. The molecule has 1 unspecified atom stereocenters. The standard InChI is InChI=1S/C17H17F2NO4S/c1-2-17(15(22)23,11-6-4-3-5-7-11)10-20-14(21)13-12(8-9-25-13)24-16(18)19/h3-9,16H,2,10H2,1H3,(H,20,21)(H,22,23). The molecule has 0 bridgehead atoms. The lowest BCUT2D eigenvalue weighted by atomic mass is 9.78. The molecule has 0 radical (unpaired) electrons. The summed E-state index contributed by atoms with van der Waals surface area (Å²) in [5.74, 6) is -1.95. The van der Waals surface area contributed by atoms with Gasteiger partial charge in [-0.05, 0) is 23.4 Å². The van der Waals surface area contributed by atoms with E-state index in [-0.39, 0.29) is 23.6 Å². The Bertz CT molecular complexity index is 735. The number of carbonyl (C=O) groups is 2. The van der Waals surface area contributed by atoms with Crippen LogP contribution in [0.15, 0.2) is 41.8 Å². The van der Waals surface area contributed by atoms with E-state index in [1.165, 1.54) is 11.4 Å². The van der Waals surface area contributed by atoms with E-state index in [9.17, 15) is 23.5 Å². The summed E-state index contributed by atoms with van der Waals surface area (Å²) in [7, 11) is 0. The Kier molecular flexibility index (Phi) is 6.08. The van der Waals surface area contributed by atoms with E-state index < -0.39 is 23.9 Å². The van der Waals surface area contributed by atoms with Crippen molar-refractivity contribution in [3.05, 3.63) is 52.2 Å². The van der Waals surface area contributed by atoms with Gasteiger partial charge in [0.05, 0.1) is 0 Å². The number of carbonyl (C=O) groups excluding carboxylic acids is 1. The Balaban J connectivity index is 2.20. The van der Waals surface area contributed by atoms with Gasteiger partial charge in [0, 0.05) is 6.54 Å². The van der Waals surface area contributed by atoms with E-state index in [0.717, 1.165) is 11.3 Å². The molecule has 5 nitrogen and oxygen atoms in total. The molecule has 1 aromatic carbocycles. The van der Waals surface area contributed by atoms with Gasteiger partial charge in [0.1, 0.15) is 16.0 Å². The maximum atomic E-state index is 12.4. The first-order valence-electron chi connectivity index (χ1n) is 7.50. The van der Waals surface area contributed by atoms with E-state index in [0.29, 0.717) is 5.56 Å². The Hall–Kier alpha value is -2.48. The van der Waals surface area contributed by atoms with Crippen LogP contribution in [-0.2, 0) is 10.2 Å². The van der Waals surface area contributed by atoms with Crippen molar-refractivity contribution in [2.24, 2.45) is 0 Å². The van der Waals surface area contributed by atoms with Gasteiger partial charge in [0.25, 0.3) is 5.91 Å². The van der Waals surface area contributed by atoms with E-state index in [1.807, 2.05) is 0 Å². The molecule has 1 atom stereocenters. The zero-order valence-corrected chi connectivity index (χ0v) is 14.2. The maximum absolute atomic E-state index is 12.4. The van der Waals surface area contributed by atoms with E-state index in [4.69, 9.17) is 0 Å². The summed E-state index contributed by atoms with van der Waals surface area (Å²) in [5.41, 5.74) is -0.752. The highest BCUT2D eigenvalue weighted by atomic mass is 32.1. The third kappa shape index (κ3) is 4.14. The van der Waals surface area contributed by atoms with Crippen LogP contribution in [0.5, 0.6) is 5.75 Å². The van der Waals surface area contributed by atoms with Crippen LogP contribution < -0.4 is 10.1 Å². The predicted octanol–water partition coefficient (Wildman–Crippen LogP) is 3.51. The quantitative estimate of drug-likeness (QED) is 0.747. The number of hydrogen-bond donors (Lipinski definition) is 2. The third-order valence-electron chi connectivity index (χ3n) is 3.94. The zero-order valence-electron chi connectivity index (χ0n) is 13.4. The highest BCUT2D eigenvalue weighted by molar-refractivity contribution is 7.12. The molecule has 1 heterocycles. The topological polar surface area (TPSA) is 75.6 Å². The molecule has 0 spiro atoms. The monoisotopic (exact) mass is 369 g/mol. The normalized spacial score (nSPS) is 13.3. The minimum Gasteiger partial charge on any atom is -0.481 e. The first-order chi connectivity index (χ1) is 11.9. The number of rotatable bonds is 8. The summed E-state index contributed by atoms with van der Waals surface area (Å²) in [6, 6.07) is 9.84. The molecule has 0 aliphatic carbocycles. The molecule has 134 valence electrons. The molecular formula is C17H17F2NO4S. The van der Waals surface area contributed by atoms with Gasteiger partial charge >= 0.3 is 12.6 Å². The zero-order chi connectivity index (χ0) is 18.4. The lowest BCUT2D eigenvalue weighted by molar-refractivity contribution is -0.143. The van der Waals surface area contributed by atoms with Crippen molar-refractivity contribution in [3.63, 3.8) is 0 Å². The number of ether oxygens (including phenoxy) is 1. The number of carboxylic acids is 1. The molecule has 1 amide bonds. The SMILES string of the molecule is CCC(CNC(=O)c1sccc1OC(F)F)(C(=O)O)c1ccccc1. The second-order valence-corrected chi connectivity index (χ2v) is 6.20. The molecule has 25 heavy (non-hydrogen) atoms. The fourth-order valence-corrected chi connectivity index (χ4v) is 3.24. The predicted molar refractivity (Wildman–Crippen MR) is 89.3 cm³/mol. The van der Waals surface area contributed by atoms with Gasteiger partial charge in [0.2, 0.25) is 0 Å². The minimum atomic E-state index is -3.04. The number of amides is 1. The minimum absolute atomic E-state index is 0.0243. The van der Waals surface area contributed by atoms with Gasteiger partial charge in [-0.1, -0.05) is 37.3 Å². The first-order valence-corrected chi connectivity index (χ1v) is 8.38. The average molecular weight is 369 g/mol. The summed E-state index contributed by atoms with van der Waals surface area (Å²) >= 11 is 0.944. The fraction of sp³-hybridized carbons (Fsp3) is 0.294. The van der Waals surface area contributed by atoms with Crippen molar-refractivity contribution in [3.8, 4) is 5.75 Å². The van der Waals surface area contributed by atoms with Gasteiger partial charge in [-0.3, -0.25) is 9.59 Å². The van der Waals surface area contributed by atoms with Crippen molar-refractivity contribution in [1.82, 2.24) is 5.32 Å². The summed E-state index contributed by atoms with van der Waals surface area (Å²) in [4.78, 5) is 24.2. The highest BCUT2D eigenvalue weighted by Gasteiger charge is 2.39.